The minimum atomic E-state index is -3.73. The van der Waals surface area contributed by atoms with Crippen LogP contribution in [0.1, 0.15) is 19.8 Å². The second-order valence-corrected chi connectivity index (χ2v) is 8.52. The van der Waals surface area contributed by atoms with Crippen LogP contribution in [-0.2, 0) is 19.6 Å². The summed E-state index contributed by atoms with van der Waals surface area (Å²) in [7, 11) is 0.784. The average molecular weight is 400 g/mol. The molecule has 0 aromatic heterocycles. The number of piperidine rings is 1. The number of ether oxygens (including phenoxy) is 3. The highest BCUT2D eigenvalue weighted by Gasteiger charge is 2.34. The molecule has 1 fully saturated rings. The summed E-state index contributed by atoms with van der Waals surface area (Å²) in [5.41, 5.74) is 0. The van der Waals surface area contributed by atoms with Crippen molar-refractivity contribution < 1.29 is 27.4 Å². The molecule has 2 rings (SSSR count). The number of carbonyl (C=O) groups is 1. The first kappa shape index (κ1) is 21.5. The van der Waals surface area contributed by atoms with E-state index in [2.05, 4.69) is 5.32 Å². The molecule has 0 saturated carbocycles. The maximum absolute atomic E-state index is 13.0. The summed E-state index contributed by atoms with van der Waals surface area (Å²) in [5.74, 6) is 0.275. The van der Waals surface area contributed by atoms with Crippen LogP contribution in [-0.4, -0.2) is 65.7 Å². The average Bonchev–Trinajstić information content (AvgIpc) is 2.67. The molecule has 0 radical (unpaired) electrons. The molecule has 2 atom stereocenters. The Kier molecular flexibility index (Phi) is 7.46. The molecule has 1 aromatic rings. The van der Waals surface area contributed by atoms with Crippen LogP contribution in [0.5, 0.6) is 11.5 Å². The van der Waals surface area contributed by atoms with Crippen LogP contribution in [0.3, 0.4) is 0 Å². The number of benzene rings is 1. The predicted octanol–water partition coefficient (Wildman–Crippen LogP) is 1.26. The molecule has 1 aliphatic heterocycles. The quantitative estimate of drug-likeness (QED) is 0.706. The lowest BCUT2D eigenvalue weighted by Crippen LogP contribution is -2.47. The Morgan fingerprint density at radius 2 is 1.96 bits per heavy atom. The van der Waals surface area contributed by atoms with Gasteiger partial charge in [0.25, 0.3) is 0 Å². The van der Waals surface area contributed by atoms with Crippen molar-refractivity contribution in [1.82, 2.24) is 9.62 Å². The van der Waals surface area contributed by atoms with Crippen LogP contribution in [0.25, 0.3) is 0 Å². The van der Waals surface area contributed by atoms with E-state index in [1.54, 1.807) is 13.2 Å². The molecular weight excluding hydrogens is 372 g/mol. The van der Waals surface area contributed by atoms with Gasteiger partial charge in [0.2, 0.25) is 15.9 Å². The van der Waals surface area contributed by atoms with Gasteiger partial charge in [0.1, 0.15) is 0 Å². The Labute approximate surface area is 160 Å². The van der Waals surface area contributed by atoms with Crippen LogP contribution in [0.2, 0.25) is 0 Å². The van der Waals surface area contributed by atoms with Crippen molar-refractivity contribution in [3.05, 3.63) is 18.2 Å². The summed E-state index contributed by atoms with van der Waals surface area (Å²) >= 11 is 0. The molecule has 1 saturated heterocycles. The molecule has 0 unspecified atom stereocenters. The number of hydrogen-bond donors (Lipinski definition) is 1. The smallest absolute Gasteiger partial charge is 0.243 e. The van der Waals surface area contributed by atoms with Crippen LogP contribution in [0, 0.1) is 5.92 Å². The Morgan fingerprint density at radius 1 is 1.26 bits per heavy atom. The van der Waals surface area contributed by atoms with E-state index in [1.165, 1.54) is 30.7 Å². The number of rotatable bonds is 8. The number of methoxy groups -OCH3 is 3. The van der Waals surface area contributed by atoms with E-state index in [0.29, 0.717) is 37.5 Å². The third kappa shape index (κ3) is 5.12. The highest BCUT2D eigenvalue weighted by atomic mass is 32.2. The largest absolute Gasteiger partial charge is 0.493 e. The molecule has 1 aromatic carbocycles. The van der Waals surface area contributed by atoms with E-state index < -0.39 is 10.0 Å². The lowest BCUT2D eigenvalue weighted by molar-refractivity contribution is -0.127. The van der Waals surface area contributed by atoms with Crippen molar-refractivity contribution in [2.24, 2.45) is 5.92 Å². The zero-order valence-corrected chi connectivity index (χ0v) is 17.0. The lowest BCUT2D eigenvalue weighted by Gasteiger charge is -2.32. The molecule has 1 heterocycles. The second-order valence-electron chi connectivity index (χ2n) is 6.58. The summed E-state index contributed by atoms with van der Waals surface area (Å²) < 4.78 is 42.8. The number of nitrogens with one attached hydrogen (secondary N) is 1. The number of nitrogens with zero attached hydrogens (tertiary/aromatic N) is 1. The van der Waals surface area contributed by atoms with Crippen molar-refractivity contribution in [3.8, 4) is 11.5 Å². The van der Waals surface area contributed by atoms with Gasteiger partial charge >= 0.3 is 0 Å². The van der Waals surface area contributed by atoms with Gasteiger partial charge in [-0.15, -0.1) is 0 Å². The third-order valence-electron chi connectivity index (χ3n) is 4.55. The van der Waals surface area contributed by atoms with Crippen LogP contribution in [0.15, 0.2) is 23.1 Å². The molecule has 1 aliphatic rings. The van der Waals surface area contributed by atoms with Crippen molar-refractivity contribution in [2.75, 3.05) is 41.0 Å². The monoisotopic (exact) mass is 400 g/mol. The summed E-state index contributed by atoms with van der Waals surface area (Å²) in [6.45, 7) is 2.80. The number of carbonyl (C=O) groups excluding carboxylic acids is 1. The molecule has 9 heteroatoms. The highest BCUT2D eigenvalue weighted by molar-refractivity contribution is 7.89. The zero-order chi connectivity index (χ0) is 20.0. The fourth-order valence-electron chi connectivity index (χ4n) is 3.15. The van der Waals surface area contributed by atoms with Crippen molar-refractivity contribution in [3.63, 3.8) is 0 Å². The van der Waals surface area contributed by atoms with Gasteiger partial charge in [-0.25, -0.2) is 8.42 Å². The Hall–Kier alpha value is -1.84. The van der Waals surface area contributed by atoms with Crippen molar-refractivity contribution in [2.45, 2.75) is 30.7 Å². The summed E-state index contributed by atoms with van der Waals surface area (Å²) in [4.78, 5) is 12.6. The van der Waals surface area contributed by atoms with E-state index in [9.17, 15) is 13.2 Å². The zero-order valence-electron chi connectivity index (χ0n) is 16.2. The standard InChI is InChI=1S/C18H28N2O6S/c1-13(12-24-2)19-18(21)14-6-5-9-20(11-14)27(22,23)15-7-8-16(25-3)17(10-15)26-4/h7-8,10,13-14H,5-6,9,11-12H2,1-4H3,(H,19,21)/t13-,14-/m1/s1. The molecule has 8 nitrogen and oxygen atoms in total. The molecule has 152 valence electrons. The Balaban J connectivity index is 2.15. The van der Waals surface area contributed by atoms with E-state index in [1.807, 2.05) is 6.92 Å². The van der Waals surface area contributed by atoms with Crippen LogP contribution < -0.4 is 14.8 Å². The second kappa shape index (κ2) is 9.38. The van der Waals surface area contributed by atoms with E-state index in [-0.39, 0.29) is 29.3 Å². The van der Waals surface area contributed by atoms with Gasteiger partial charge in [-0.1, -0.05) is 0 Å². The van der Waals surface area contributed by atoms with Gasteiger partial charge in [0, 0.05) is 32.3 Å². The van der Waals surface area contributed by atoms with Gasteiger partial charge in [-0.2, -0.15) is 4.31 Å². The lowest BCUT2D eigenvalue weighted by atomic mass is 9.98. The van der Waals surface area contributed by atoms with Gasteiger partial charge in [0.05, 0.1) is 31.6 Å². The van der Waals surface area contributed by atoms with E-state index in [4.69, 9.17) is 14.2 Å². The maximum Gasteiger partial charge on any atom is 0.243 e. The Morgan fingerprint density at radius 3 is 2.59 bits per heavy atom. The van der Waals surface area contributed by atoms with Gasteiger partial charge in [0.15, 0.2) is 11.5 Å². The molecule has 0 aliphatic carbocycles. The first-order valence-electron chi connectivity index (χ1n) is 8.85. The molecule has 0 spiro atoms. The minimum absolute atomic E-state index is 0.119. The minimum Gasteiger partial charge on any atom is -0.493 e. The summed E-state index contributed by atoms with van der Waals surface area (Å²) in [6, 6.07) is 4.37. The first-order chi connectivity index (χ1) is 12.8. The maximum atomic E-state index is 13.0. The SMILES string of the molecule is COC[C@@H](C)NC(=O)[C@@H]1CCCN(S(=O)(=O)c2ccc(OC)c(OC)c2)C1. The fourth-order valence-corrected chi connectivity index (χ4v) is 4.69. The van der Waals surface area contributed by atoms with E-state index >= 15 is 0 Å². The number of amides is 1. The van der Waals surface area contributed by atoms with Crippen molar-refractivity contribution >= 4 is 15.9 Å². The van der Waals surface area contributed by atoms with Gasteiger partial charge in [-0.05, 0) is 31.9 Å². The first-order valence-corrected chi connectivity index (χ1v) is 10.3. The normalized spacial score (nSPS) is 19.3. The topological polar surface area (TPSA) is 94.2 Å². The van der Waals surface area contributed by atoms with Gasteiger partial charge in [-0.3, -0.25) is 4.79 Å². The van der Waals surface area contributed by atoms with Crippen LogP contribution >= 0.6 is 0 Å². The molecule has 1 N–H and O–H groups in total. The fraction of sp³-hybridized carbons (Fsp3) is 0.611. The van der Waals surface area contributed by atoms with Crippen molar-refractivity contribution in [1.29, 1.82) is 0 Å². The predicted molar refractivity (Wildman–Crippen MR) is 101 cm³/mol. The third-order valence-corrected chi connectivity index (χ3v) is 6.41. The number of hydrogen-bond acceptors (Lipinski definition) is 6. The number of sulfonamides is 1. The van der Waals surface area contributed by atoms with Crippen LogP contribution in [0.4, 0.5) is 0 Å². The van der Waals surface area contributed by atoms with Gasteiger partial charge < -0.3 is 19.5 Å². The summed E-state index contributed by atoms with van der Waals surface area (Å²) in [5, 5.41) is 2.87. The highest BCUT2D eigenvalue weighted by Crippen LogP contribution is 2.32. The Bertz CT molecular complexity index is 752. The molecular formula is C18H28N2O6S. The molecule has 1 amide bonds. The molecule has 0 bridgehead atoms. The molecule has 27 heavy (non-hydrogen) atoms. The van der Waals surface area contributed by atoms with E-state index in [0.717, 1.165) is 0 Å². The summed E-state index contributed by atoms with van der Waals surface area (Å²) in [6.07, 6.45) is 1.28.